The summed E-state index contributed by atoms with van der Waals surface area (Å²) in [6.45, 7) is 1.12. The number of ether oxygens (including phenoxy) is 1. The van der Waals surface area contributed by atoms with Crippen molar-refractivity contribution in [2.45, 2.75) is 32.1 Å². The van der Waals surface area contributed by atoms with Crippen molar-refractivity contribution in [3.8, 4) is 0 Å². The lowest BCUT2D eigenvalue weighted by Gasteiger charge is -2.32. The predicted octanol–water partition coefficient (Wildman–Crippen LogP) is 0.899. The Bertz CT molecular complexity index is 400. The maximum absolute atomic E-state index is 12.3. The summed E-state index contributed by atoms with van der Waals surface area (Å²) in [6, 6.07) is 0. The highest BCUT2D eigenvalue weighted by Crippen LogP contribution is 2.33. The average Bonchev–Trinajstić information content (AvgIpc) is 2.96. The van der Waals surface area contributed by atoms with Crippen molar-refractivity contribution in [3.05, 3.63) is 0 Å². The van der Waals surface area contributed by atoms with Crippen LogP contribution in [0.1, 0.15) is 32.1 Å². The van der Waals surface area contributed by atoms with Crippen LogP contribution in [0.15, 0.2) is 0 Å². The monoisotopic (exact) mass is 283 g/mol. The fourth-order valence-corrected chi connectivity index (χ4v) is 3.19. The van der Waals surface area contributed by atoms with Crippen LogP contribution in [0.2, 0.25) is 0 Å². The summed E-state index contributed by atoms with van der Waals surface area (Å²) in [5, 5.41) is 8.97. The lowest BCUT2D eigenvalue weighted by atomic mass is 9.95. The first-order chi connectivity index (χ1) is 9.52. The molecule has 0 aromatic rings. The minimum absolute atomic E-state index is 0.0528. The molecule has 1 saturated heterocycles. The number of rotatable bonds is 3. The van der Waals surface area contributed by atoms with Gasteiger partial charge in [0, 0.05) is 19.0 Å². The number of carboxylic acid groups (broad SMARTS) is 1. The highest BCUT2D eigenvalue weighted by molar-refractivity contribution is 5.81. The van der Waals surface area contributed by atoms with Gasteiger partial charge in [-0.25, -0.2) is 0 Å². The topological polar surface area (TPSA) is 83.9 Å². The van der Waals surface area contributed by atoms with Gasteiger partial charge in [0.2, 0.25) is 5.91 Å². The Morgan fingerprint density at radius 1 is 1.00 bits per heavy atom. The van der Waals surface area contributed by atoms with Gasteiger partial charge in [-0.3, -0.25) is 14.4 Å². The number of carboxylic acids is 1. The number of aliphatic carboxylic acids is 1. The molecule has 1 heterocycles. The molecule has 1 saturated carbocycles. The predicted molar refractivity (Wildman–Crippen MR) is 69.8 cm³/mol. The van der Waals surface area contributed by atoms with Crippen molar-refractivity contribution < 1.29 is 24.2 Å². The molecule has 1 aliphatic heterocycles. The molecule has 0 radical (unpaired) electrons. The van der Waals surface area contributed by atoms with Gasteiger partial charge in [0.05, 0.1) is 18.9 Å². The van der Waals surface area contributed by atoms with Crippen LogP contribution in [0.4, 0.5) is 0 Å². The SMILES string of the molecule is COC(=O)C1CCN(C(=O)C2CCC(C(=O)O)C2)CC1. The van der Waals surface area contributed by atoms with E-state index in [1.807, 2.05) is 0 Å². The van der Waals surface area contributed by atoms with Crippen molar-refractivity contribution in [1.29, 1.82) is 0 Å². The maximum Gasteiger partial charge on any atom is 0.308 e. The summed E-state index contributed by atoms with van der Waals surface area (Å²) in [5.41, 5.74) is 0. The summed E-state index contributed by atoms with van der Waals surface area (Å²) in [4.78, 5) is 36.5. The molecule has 1 amide bonds. The summed E-state index contributed by atoms with van der Waals surface area (Å²) in [7, 11) is 1.38. The van der Waals surface area contributed by atoms with Crippen molar-refractivity contribution in [2.75, 3.05) is 20.2 Å². The smallest absolute Gasteiger partial charge is 0.308 e. The first-order valence-corrected chi connectivity index (χ1v) is 7.12. The molecule has 1 aliphatic carbocycles. The van der Waals surface area contributed by atoms with Crippen molar-refractivity contribution >= 4 is 17.8 Å². The van der Waals surface area contributed by atoms with Gasteiger partial charge in [-0.05, 0) is 32.1 Å². The highest BCUT2D eigenvalue weighted by Gasteiger charge is 2.37. The number of amides is 1. The Kier molecular flexibility index (Phi) is 4.62. The molecule has 0 bridgehead atoms. The Hall–Kier alpha value is -1.59. The number of carbonyl (C=O) groups is 3. The first kappa shape index (κ1) is 14.8. The fourth-order valence-electron chi connectivity index (χ4n) is 3.19. The van der Waals surface area contributed by atoms with E-state index in [1.165, 1.54) is 7.11 Å². The van der Waals surface area contributed by atoms with Gasteiger partial charge in [0.25, 0.3) is 0 Å². The largest absolute Gasteiger partial charge is 0.481 e. The molecule has 1 N–H and O–H groups in total. The second-order valence-electron chi connectivity index (χ2n) is 5.67. The first-order valence-electron chi connectivity index (χ1n) is 7.12. The second-order valence-corrected chi connectivity index (χ2v) is 5.67. The van der Waals surface area contributed by atoms with Crippen LogP contribution in [0.25, 0.3) is 0 Å². The molecule has 2 unspecified atom stereocenters. The Morgan fingerprint density at radius 2 is 1.60 bits per heavy atom. The zero-order valence-corrected chi connectivity index (χ0v) is 11.7. The standard InChI is InChI=1S/C14H21NO5/c1-20-14(19)9-4-6-15(7-5-9)12(16)10-2-3-11(8-10)13(17)18/h9-11H,2-8H2,1H3,(H,17,18). The quantitative estimate of drug-likeness (QED) is 0.778. The molecule has 2 atom stereocenters. The van der Waals surface area contributed by atoms with Gasteiger partial charge in [-0.2, -0.15) is 0 Å². The van der Waals surface area contributed by atoms with E-state index in [0.717, 1.165) is 0 Å². The van der Waals surface area contributed by atoms with Crippen molar-refractivity contribution in [2.24, 2.45) is 17.8 Å². The van der Waals surface area contributed by atoms with E-state index < -0.39 is 5.97 Å². The van der Waals surface area contributed by atoms with E-state index in [0.29, 0.717) is 45.2 Å². The van der Waals surface area contributed by atoms with E-state index in [1.54, 1.807) is 4.90 Å². The van der Waals surface area contributed by atoms with Gasteiger partial charge in [0.1, 0.15) is 0 Å². The third kappa shape index (κ3) is 3.11. The normalized spacial score (nSPS) is 27.4. The van der Waals surface area contributed by atoms with Gasteiger partial charge in [-0.1, -0.05) is 0 Å². The third-order valence-corrected chi connectivity index (χ3v) is 4.47. The van der Waals surface area contributed by atoms with Gasteiger partial charge in [0.15, 0.2) is 0 Å². The molecule has 6 heteroatoms. The van der Waals surface area contributed by atoms with E-state index in [9.17, 15) is 14.4 Å². The molecule has 2 rings (SSSR count). The van der Waals surface area contributed by atoms with Crippen molar-refractivity contribution in [1.82, 2.24) is 4.90 Å². The third-order valence-electron chi connectivity index (χ3n) is 4.47. The molecule has 2 aliphatic rings. The number of carbonyl (C=O) groups excluding carboxylic acids is 2. The van der Waals surface area contributed by atoms with Gasteiger partial charge < -0.3 is 14.7 Å². The molecule has 2 fully saturated rings. The number of hydrogen-bond acceptors (Lipinski definition) is 4. The van der Waals surface area contributed by atoms with Crippen LogP contribution >= 0.6 is 0 Å². The Morgan fingerprint density at radius 3 is 2.10 bits per heavy atom. The molecular weight excluding hydrogens is 262 g/mol. The molecule has 0 spiro atoms. The number of hydrogen-bond donors (Lipinski definition) is 1. The zero-order valence-electron chi connectivity index (χ0n) is 11.7. The van der Waals surface area contributed by atoms with Crippen LogP contribution in [-0.4, -0.2) is 48.1 Å². The lowest BCUT2D eigenvalue weighted by molar-refractivity contribution is -0.149. The number of piperidine rings is 1. The van der Waals surface area contributed by atoms with Crippen LogP contribution in [0, 0.1) is 17.8 Å². The van der Waals surface area contributed by atoms with Crippen molar-refractivity contribution in [3.63, 3.8) is 0 Å². The fraction of sp³-hybridized carbons (Fsp3) is 0.786. The molecule has 0 aromatic heterocycles. The van der Waals surface area contributed by atoms with E-state index in [4.69, 9.17) is 9.84 Å². The van der Waals surface area contributed by atoms with Crippen LogP contribution < -0.4 is 0 Å². The number of nitrogens with zero attached hydrogens (tertiary/aromatic N) is 1. The summed E-state index contributed by atoms with van der Waals surface area (Å²) in [6.07, 6.45) is 2.96. The summed E-state index contributed by atoms with van der Waals surface area (Å²) >= 11 is 0. The lowest BCUT2D eigenvalue weighted by Crippen LogP contribution is -2.43. The highest BCUT2D eigenvalue weighted by atomic mass is 16.5. The minimum Gasteiger partial charge on any atom is -0.481 e. The molecule has 20 heavy (non-hydrogen) atoms. The van der Waals surface area contributed by atoms with Crippen LogP contribution in [-0.2, 0) is 19.1 Å². The average molecular weight is 283 g/mol. The van der Waals surface area contributed by atoms with E-state index in [-0.39, 0.29) is 29.6 Å². The Labute approximate surface area is 118 Å². The van der Waals surface area contributed by atoms with Crippen LogP contribution in [0.3, 0.4) is 0 Å². The molecular formula is C14H21NO5. The second kappa shape index (κ2) is 6.24. The van der Waals surface area contributed by atoms with E-state index in [2.05, 4.69) is 0 Å². The minimum atomic E-state index is -0.801. The molecule has 112 valence electrons. The number of esters is 1. The van der Waals surface area contributed by atoms with Gasteiger partial charge in [-0.15, -0.1) is 0 Å². The number of likely N-dealkylation sites (tertiary alicyclic amines) is 1. The van der Waals surface area contributed by atoms with E-state index >= 15 is 0 Å². The maximum atomic E-state index is 12.3. The number of methoxy groups -OCH3 is 1. The van der Waals surface area contributed by atoms with Gasteiger partial charge >= 0.3 is 11.9 Å². The Balaban J connectivity index is 1.83. The molecule has 6 nitrogen and oxygen atoms in total. The summed E-state index contributed by atoms with van der Waals surface area (Å²) < 4.78 is 4.72. The zero-order chi connectivity index (χ0) is 14.7. The summed E-state index contributed by atoms with van der Waals surface area (Å²) in [5.74, 6) is -1.60. The van der Waals surface area contributed by atoms with Crippen LogP contribution in [0.5, 0.6) is 0 Å². The molecule has 0 aromatic carbocycles.